The summed E-state index contributed by atoms with van der Waals surface area (Å²) in [6.07, 6.45) is -3.38. The number of hydrogen-bond acceptors (Lipinski definition) is 3. The average molecular weight is 336 g/mol. The van der Waals surface area contributed by atoms with E-state index in [9.17, 15) is 22.8 Å². The van der Waals surface area contributed by atoms with Crippen molar-refractivity contribution in [3.63, 3.8) is 0 Å². The zero-order chi connectivity index (χ0) is 17.5. The normalized spacial score (nSPS) is 11.7. The smallest absolute Gasteiger partial charge is 0.431 e. The maximum absolute atomic E-state index is 12.5. The van der Waals surface area contributed by atoms with Crippen LogP contribution in [0.2, 0.25) is 0 Å². The summed E-state index contributed by atoms with van der Waals surface area (Å²) in [7, 11) is 0. The Morgan fingerprint density at radius 2 is 1.96 bits per heavy atom. The number of alkyl halides is 3. The molecule has 0 saturated carbocycles. The van der Waals surface area contributed by atoms with E-state index in [0.29, 0.717) is 22.7 Å². The van der Waals surface area contributed by atoms with E-state index >= 15 is 0 Å². The van der Waals surface area contributed by atoms with Crippen molar-refractivity contribution < 1.29 is 22.4 Å². The second-order valence-electron chi connectivity index (χ2n) is 5.22. The maximum Gasteiger partial charge on any atom is 0.431 e. The summed E-state index contributed by atoms with van der Waals surface area (Å²) in [5.74, 6) is -0.826. The van der Waals surface area contributed by atoms with Gasteiger partial charge in [-0.3, -0.25) is 9.59 Å². The van der Waals surface area contributed by atoms with Gasteiger partial charge in [-0.1, -0.05) is 6.07 Å². The lowest BCUT2D eigenvalue weighted by molar-refractivity contribution is -0.141. The number of furan rings is 1. The Kier molecular flexibility index (Phi) is 3.67. The van der Waals surface area contributed by atoms with Crippen LogP contribution >= 0.6 is 0 Å². The van der Waals surface area contributed by atoms with Crippen LogP contribution in [0.4, 0.5) is 18.9 Å². The number of carbonyl (C=O) groups excluding carboxylic acids is 1. The molecule has 0 aliphatic carbocycles. The minimum atomic E-state index is -4.69. The number of anilines is 1. The molecule has 3 rings (SSSR count). The van der Waals surface area contributed by atoms with Gasteiger partial charge in [0.15, 0.2) is 0 Å². The summed E-state index contributed by atoms with van der Waals surface area (Å²) < 4.78 is 42.9. The summed E-state index contributed by atoms with van der Waals surface area (Å²) >= 11 is 0. The Balaban J connectivity index is 1.91. The molecule has 0 aliphatic heterocycles. The molecule has 24 heavy (non-hydrogen) atoms. The summed E-state index contributed by atoms with van der Waals surface area (Å²) in [4.78, 5) is 25.5. The summed E-state index contributed by atoms with van der Waals surface area (Å²) in [5, 5.41) is 3.09. The molecular weight excluding hydrogens is 325 g/mol. The number of aromatic nitrogens is 1. The molecule has 0 bridgehead atoms. The topological polar surface area (TPSA) is 75.1 Å². The maximum atomic E-state index is 12.5. The second-order valence-corrected chi connectivity index (χ2v) is 5.22. The van der Waals surface area contributed by atoms with E-state index in [4.69, 9.17) is 4.42 Å². The minimum absolute atomic E-state index is 0.328. The second kappa shape index (κ2) is 5.55. The lowest BCUT2D eigenvalue weighted by atomic mass is 10.1. The molecule has 1 amide bonds. The SMILES string of the molecule is Cc1ccc2c(NC(=O)c3ccc(C(F)(F)F)[nH]c3=O)coc2c1. The standard InChI is InChI=1S/C16H11F3N2O3/c1-8-2-3-9-11(7-24-12(9)6-8)20-14(22)10-4-5-13(16(17,18)19)21-15(10)23/h2-7H,1H3,(H,20,22)(H,21,23). The molecule has 124 valence electrons. The number of rotatable bonds is 2. The molecule has 0 atom stereocenters. The number of benzene rings is 1. The van der Waals surface area contributed by atoms with Crippen LogP contribution in [0.5, 0.6) is 0 Å². The molecule has 8 heteroatoms. The first-order valence-electron chi connectivity index (χ1n) is 6.85. The first kappa shape index (κ1) is 15.9. The molecule has 1 aromatic carbocycles. The van der Waals surface area contributed by atoms with E-state index in [1.165, 1.54) is 6.26 Å². The van der Waals surface area contributed by atoms with Gasteiger partial charge in [0.1, 0.15) is 23.1 Å². The molecule has 0 spiro atoms. The van der Waals surface area contributed by atoms with E-state index in [0.717, 1.165) is 11.6 Å². The van der Waals surface area contributed by atoms with Crippen LogP contribution in [0.25, 0.3) is 11.0 Å². The van der Waals surface area contributed by atoms with Crippen molar-refractivity contribution in [3.05, 3.63) is 63.8 Å². The van der Waals surface area contributed by atoms with E-state index in [1.807, 2.05) is 13.0 Å². The van der Waals surface area contributed by atoms with Crippen molar-refractivity contribution in [2.75, 3.05) is 5.32 Å². The van der Waals surface area contributed by atoms with Gasteiger partial charge in [-0.25, -0.2) is 0 Å². The third-order valence-electron chi connectivity index (χ3n) is 3.44. The first-order chi connectivity index (χ1) is 11.3. The molecule has 0 aliphatic rings. The molecule has 2 heterocycles. The van der Waals surface area contributed by atoms with Gasteiger partial charge in [-0.15, -0.1) is 0 Å². The number of aromatic amines is 1. The van der Waals surface area contributed by atoms with Crippen molar-refractivity contribution in [3.8, 4) is 0 Å². The summed E-state index contributed by atoms with van der Waals surface area (Å²) in [6, 6.07) is 6.81. The van der Waals surface area contributed by atoms with Crippen LogP contribution < -0.4 is 10.9 Å². The number of aryl methyl sites for hydroxylation is 1. The molecule has 2 N–H and O–H groups in total. The molecule has 3 aromatic rings. The molecule has 0 unspecified atom stereocenters. The highest BCUT2D eigenvalue weighted by molar-refractivity contribution is 6.08. The Morgan fingerprint density at radius 1 is 1.21 bits per heavy atom. The van der Waals surface area contributed by atoms with Crippen molar-refractivity contribution in [1.29, 1.82) is 0 Å². The summed E-state index contributed by atoms with van der Waals surface area (Å²) in [6.45, 7) is 1.88. The Morgan fingerprint density at radius 3 is 2.62 bits per heavy atom. The van der Waals surface area contributed by atoms with Crippen LogP contribution in [0.1, 0.15) is 21.6 Å². The van der Waals surface area contributed by atoms with Crippen LogP contribution in [-0.4, -0.2) is 10.9 Å². The Labute approximate surface area is 133 Å². The van der Waals surface area contributed by atoms with Gasteiger partial charge in [0.2, 0.25) is 0 Å². The molecule has 5 nitrogen and oxygen atoms in total. The monoisotopic (exact) mass is 336 g/mol. The fraction of sp³-hybridized carbons (Fsp3) is 0.125. The largest absolute Gasteiger partial charge is 0.462 e. The Bertz CT molecular complexity index is 986. The van der Waals surface area contributed by atoms with Gasteiger partial charge in [-0.2, -0.15) is 13.2 Å². The minimum Gasteiger partial charge on any atom is -0.462 e. The van der Waals surface area contributed by atoms with E-state index in [2.05, 4.69) is 5.32 Å². The number of nitrogens with one attached hydrogen (secondary N) is 2. The van der Waals surface area contributed by atoms with Crippen molar-refractivity contribution in [2.45, 2.75) is 13.1 Å². The number of amides is 1. The van der Waals surface area contributed by atoms with Gasteiger partial charge in [0, 0.05) is 5.39 Å². The molecule has 0 saturated heterocycles. The van der Waals surface area contributed by atoms with Crippen molar-refractivity contribution >= 4 is 22.6 Å². The quantitative estimate of drug-likeness (QED) is 0.749. The number of carbonyl (C=O) groups is 1. The van der Waals surface area contributed by atoms with Crippen molar-refractivity contribution in [1.82, 2.24) is 4.98 Å². The highest BCUT2D eigenvalue weighted by atomic mass is 19.4. The van der Waals surface area contributed by atoms with E-state index in [1.54, 1.807) is 17.1 Å². The zero-order valence-electron chi connectivity index (χ0n) is 12.3. The zero-order valence-corrected chi connectivity index (χ0v) is 12.3. The van der Waals surface area contributed by atoms with Gasteiger partial charge in [0.25, 0.3) is 11.5 Å². The fourth-order valence-corrected chi connectivity index (χ4v) is 2.24. The first-order valence-corrected chi connectivity index (χ1v) is 6.85. The predicted octanol–water partition coefficient (Wildman–Crippen LogP) is 3.70. The van der Waals surface area contributed by atoms with Gasteiger partial charge < -0.3 is 14.7 Å². The molecule has 2 aromatic heterocycles. The third kappa shape index (κ3) is 2.90. The van der Waals surface area contributed by atoms with E-state index in [-0.39, 0.29) is 0 Å². The number of pyridine rings is 1. The highest BCUT2D eigenvalue weighted by Crippen LogP contribution is 2.28. The molecule has 0 radical (unpaired) electrons. The number of H-pyrrole nitrogens is 1. The third-order valence-corrected chi connectivity index (χ3v) is 3.44. The fourth-order valence-electron chi connectivity index (χ4n) is 2.24. The molecular formula is C16H11F3N2O3. The van der Waals surface area contributed by atoms with Gasteiger partial charge in [0.05, 0.1) is 5.69 Å². The predicted molar refractivity (Wildman–Crippen MR) is 81.0 cm³/mol. The van der Waals surface area contributed by atoms with Gasteiger partial charge in [-0.05, 0) is 36.8 Å². The van der Waals surface area contributed by atoms with E-state index < -0.39 is 28.9 Å². The number of halogens is 3. The lowest BCUT2D eigenvalue weighted by Crippen LogP contribution is -2.25. The van der Waals surface area contributed by atoms with Crippen LogP contribution in [-0.2, 0) is 6.18 Å². The molecule has 0 fully saturated rings. The van der Waals surface area contributed by atoms with Crippen LogP contribution in [0, 0.1) is 6.92 Å². The Hall–Kier alpha value is -3.03. The highest BCUT2D eigenvalue weighted by Gasteiger charge is 2.32. The lowest BCUT2D eigenvalue weighted by Gasteiger charge is -2.07. The average Bonchev–Trinajstić information content (AvgIpc) is 2.88. The van der Waals surface area contributed by atoms with Gasteiger partial charge >= 0.3 is 6.18 Å². The number of hydrogen-bond donors (Lipinski definition) is 2. The van der Waals surface area contributed by atoms with Crippen LogP contribution in [0.15, 0.2) is 45.8 Å². The number of fused-ring (bicyclic) bond motifs is 1. The summed E-state index contributed by atoms with van der Waals surface area (Å²) in [5.41, 5.74) is -0.918. The van der Waals surface area contributed by atoms with Crippen molar-refractivity contribution in [2.24, 2.45) is 0 Å². The van der Waals surface area contributed by atoms with Crippen LogP contribution in [0.3, 0.4) is 0 Å².